The molecule has 1 aromatic carbocycles. The minimum absolute atomic E-state index is 0.0430. The second-order valence-electron chi connectivity index (χ2n) is 7.80. The summed E-state index contributed by atoms with van der Waals surface area (Å²) in [4.78, 5) is 18.0. The first-order valence-corrected chi connectivity index (χ1v) is 9.84. The van der Waals surface area contributed by atoms with E-state index in [1.54, 1.807) is 7.11 Å². The number of methoxy groups -OCH3 is 1. The van der Waals surface area contributed by atoms with E-state index in [1.165, 1.54) is 0 Å². The number of ether oxygens (including phenoxy) is 1. The van der Waals surface area contributed by atoms with E-state index in [0.717, 1.165) is 48.1 Å². The van der Waals surface area contributed by atoms with Gasteiger partial charge < -0.3 is 14.8 Å². The molecule has 3 fully saturated rings. The molecule has 5 nitrogen and oxygen atoms in total. The Labute approximate surface area is 159 Å². The molecule has 0 spiro atoms. The van der Waals surface area contributed by atoms with Crippen LogP contribution < -0.4 is 10.3 Å². The van der Waals surface area contributed by atoms with Gasteiger partial charge >= 0.3 is 0 Å². The zero-order chi connectivity index (χ0) is 19.1. The molecule has 5 atom stereocenters. The molecule has 5 rings (SSSR count). The van der Waals surface area contributed by atoms with E-state index in [2.05, 4.69) is 22.5 Å². The number of aromatic amines is 1. The Bertz CT molecular complexity index is 920. The molecule has 2 N–H and O–H groups in total. The highest BCUT2D eigenvalue weighted by molar-refractivity contribution is 5.85. The highest BCUT2D eigenvalue weighted by Crippen LogP contribution is 2.42. The lowest BCUT2D eigenvalue weighted by molar-refractivity contribution is -0.0447. The van der Waals surface area contributed by atoms with Crippen molar-refractivity contribution < 1.29 is 9.84 Å². The van der Waals surface area contributed by atoms with Gasteiger partial charge in [0.05, 0.1) is 13.2 Å². The zero-order valence-electron chi connectivity index (χ0n) is 16.1. The second-order valence-corrected chi connectivity index (χ2v) is 7.80. The molecule has 27 heavy (non-hydrogen) atoms. The molecule has 0 saturated carbocycles. The molecule has 0 amide bonds. The Morgan fingerprint density at radius 2 is 2.30 bits per heavy atom. The third-order valence-corrected chi connectivity index (χ3v) is 6.53. The van der Waals surface area contributed by atoms with E-state index in [4.69, 9.17) is 4.74 Å². The molecule has 2 aromatic rings. The fourth-order valence-corrected chi connectivity index (χ4v) is 5.05. The van der Waals surface area contributed by atoms with Crippen molar-refractivity contribution in [3.8, 4) is 5.75 Å². The summed E-state index contributed by atoms with van der Waals surface area (Å²) in [7, 11) is 1.63. The molecule has 3 saturated heterocycles. The predicted octanol–water partition coefficient (Wildman–Crippen LogP) is 3.03. The number of benzene rings is 1. The van der Waals surface area contributed by atoms with Crippen LogP contribution in [0.1, 0.15) is 37.0 Å². The maximum atomic E-state index is 12.7. The largest absolute Gasteiger partial charge is 0.497 e. The molecule has 3 aliphatic heterocycles. The fourth-order valence-electron chi connectivity index (χ4n) is 5.05. The molecule has 2 unspecified atom stereocenters. The van der Waals surface area contributed by atoms with Crippen molar-refractivity contribution in [1.82, 2.24) is 9.88 Å². The molecule has 144 valence electrons. The summed E-state index contributed by atoms with van der Waals surface area (Å²) >= 11 is 0. The van der Waals surface area contributed by atoms with Gasteiger partial charge in [0.15, 0.2) is 0 Å². The van der Waals surface area contributed by atoms with Crippen LogP contribution in [0.15, 0.2) is 35.6 Å². The number of pyridine rings is 1. The van der Waals surface area contributed by atoms with E-state index in [0.29, 0.717) is 23.8 Å². The van der Waals surface area contributed by atoms with E-state index < -0.39 is 6.10 Å². The number of nitrogens with zero attached hydrogens (tertiary/aromatic N) is 1. The summed E-state index contributed by atoms with van der Waals surface area (Å²) in [6, 6.07) is 5.65. The van der Waals surface area contributed by atoms with Crippen LogP contribution in [0.3, 0.4) is 0 Å². The SMILES string of the molecule is C=C[C@H]1CN2CCC1C[C@H]2[C@H](O)c1c(CC)c(=O)[nH]c2ccc(OC)cc12. The van der Waals surface area contributed by atoms with Crippen molar-refractivity contribution in [1.29, 1.82) is 0 Å². The lowest BCUT2D eigenvalue weighted by atomic mass is 9.73. The minimum atomic E-state index is -0.689. The van der Waals surface area contributed by atoms with Crippen molar-refractivity contribution in [2.75, 3.05) is 20.2 Å². The summed E-state index contributed by atoms with van der Waals surface area (Å²) in [6.45, 7) is 7.90. The molecular weight excluding hydrogens is 340 g/mol. The quantitative estimate of drug-likeness (QED) is 0.796. The number of piperidine rings is 3. The highest BCUT2D eigenvalue weighted by atomic mass is 16.5. The number of fused-ring (bicyclic) bond motifs is 4. The van der Waals surface area contributed by atoms with Crippen LogP contribution in [-0.4, -0.2) is 41.2 Å². The monoisotopic (exact) mass is 368 g/mol. The van der Waals surface area contributed by atoms with Gasteiger partial charge in [-0.2, -0.15) is 0 Å². The van der Waals surface area contributed by atoms with Crippen LogP contribution in [0, 0.1) is 11.8 Å². The third-order valence-electron chi connectivity index (χ3n) is 6.53. The summed E-state index contributed by atoms with van der Waals surface area (Å²) in [5.74, 6) is 1.80. The number of nitrogens with one attached hydrogen (secondary N) is 1. The van der Waals surface area contributed by atoms with Crippen LogP contribution >= 0.6 is 0 Å². The first kappa shape index (κ1) is 18.3. The van der Waals surface area contributed by atoms with E-state index in [-0.39, 0.29) is 11.6 Å². The standard InChI is InChI=1S/C22H28N2O3/c1-4-13-12-24-9-8-14(13)10-19(24)21(25)20-16(5-2)22(26)23-18-7-6-15(27-3)11-17(18)20/h4,6-7,11,13-14,19,21,25H,1,5,8-10,12H2,2-3H3,(H,23,26)/t13-,14?,19-,21-/m0/s1. The molecule has 3 aliphatic rings. The number of hydrogen-bond donors (Lipinski definition) is 2. The van der Waals surface area contributed by atoms with E-state index in [1.807, 2.05) is 25.1 Å². The molecular formula is C22H28N2O3. The van der Waals surface area contributed by atoms with Gasteiger partial charge in [-0.1, -0.05) is 13.0 Å². The van der Waals surface area contributed by atoms with Gasteiger partial charge in [-0.15, -0.1) is 6.58 Å². The summed E-state index contributed by atoms with van der Waals surface area (Å²) in [6.07, 6.45) is 4.06. The van der Waals surface area contributed by atoms with Gasteiger partial charge in [-0.05, 0) is 55.8 Å². The molecule has 0 aliphatic carbocycles. The highest BCUT2D eigenvalue weighted by Gasteiger charge is 2.42. The van der Waals surface area contributed by atoms with Crippen LogP contribution in [0.5, 0.6) is 5.75 Å². The number of rotatable bonds is 5. The van der Waals surface area contributed by atoms with Crippen molar-refractivity contribution in [3.05, 3.63) is 52.3 Å². The van der Waals surface area contributed by atoms with E-state index >= 15 is 0 Å². The fraction of sp³-hybridized carbons (Fsp3) is 0.500. The Morgan fingerprint density at radius 3 is 2.93 bits per heavy atom. The van der Waals surface area contributed by atoms with Gasteiger partial charge in [-0.3, -0.25) is 9.69 Å². The number of aliphatic hydroxyl groups is 1. The maximum absolute atomic E-state index is 12.7. The van der Waals surface area contributed by atoms with Crippen LogP contribution in [-0.2, 0) is 6.42 Å². The van der Waals surface area contributed by atoms with Crippen LogP contribution in [0.25, 0.3) is 10.9 Å². The number of aliphatic hydroxyl groups excluding tert-OH is 1. The third kappa shape index (κ3) is 2.99. The van der Waals surface area contributed by atoms with E-state index in [9.17, 15) is 9.90 Å². The van der Waals surface area contributed by atoms with Gasteiger partial charge in [0.25, 0.3) is 5.56 Å². The second kappa shape index (κ2) is 7.13. The predicted molar refractivity (Wildman–Crippen MR) is 107 cm³/mol. The first-order valence-electron chi connectivity index (χ1n) is 9.84. The molecule has 1 aromatic heterocycles. The number of hydrogen-bond acceptors (Lipinski definition) is 4. The molecule has 4 heterocycles. The lowest BCUT2D eigenvalue weighted by Gasteiger charge is -2.50. The maximum Gasteiger partial charge on any atom is 0.251 e. The first-order chi connectivity index (χ1) is 13.1. The average molecular weight is 368 g/mol. The van der Waals surface area contributed by atoms with Crippen LogP contribution in [0.4, 0.5) is 0 Å². The van der Waals surface area contributed by atoms with Gasteiger partial charge in [0.1, 0.15) is 5.75 Å². The Hall–Kier alpha value is -2.11. The molecule has 2 bridgehead atoms. The Balaban J connectivity index is 1.82. The van der Waals surface area contributed by atoms with Crippen LogP contribution in [0.2, 0.25) is 0 Å². The van der Waals surface area contributed by atoms with Crippen molar-refractivity contribution >= 4 is 10.9 Å². The van der Waals surface area contributed by atoms with Gasteiger partial charge in [0.2, 0.25) is 0 Å². The Morgan fingerprint density at radius 1 is 1.48 bits per heavy atom. The topological polar surface area (TPSA) is 65.6 Å². The summed E-state index contributed by atoms with van der Waals surface area (Å²) in [5, 5.41) is 12.3. The van der Waals surface area contributed by atoms with Crippen molar-refractivity contribution in [2.24, 2.45) is 11.8 Å². The lowest BCUT2D eigenvalue weighted by Crippen LogP contribution is -2.55. The number of H-pyrrole nitrogens is 1. The molecule has 5 heteroatoms. The zero-order valence-corrected chi connectivity index (χ0v) is 16.1. The average Bonchev–Trinajstić information content (AvgIpc) is 2.72. The Kier molecular flexibility index (Phi) is 4.82. The van der Waals surface area contributed by atoms with Crippen molar-refractivity contribution in [2.45, 2.75) is 38.3 Å². The minimum Gasteiger partial charge on any atom is -0.497 e. The summed E-state index contributed by atoms with van der Waals surface area (Å²) in [5.41, 5.74) is 2.07. The van der Waals surface area contributed by atoms with Gasteiger partial charge in [-0.25, -0.2) is 0 Å². The van der Waals surface area contributed by atoms with Crippen molar-refractivity contribution in [3.63, 3.8) is 0 Å². The summed E-state index contributed by atoms with van der Waals surface area (Å²) < 4.78 is 5.39. The van der Waals surface area contributed by atoms with Gasteiger partial charge in [0, 0.05) is 34.6 Å². The smallest absolute Gasteiger partial charge is 0.251 e. The normalized spacial score (nSPS) is 28.3. The molecule has 0 radical (unpaired) electrons. The number of aromatic nitrogens is 1.